The molecule has 1 fully saturated rings. The zero-order valence-corrected chi connectivity index (χ0v) is 16.6. The molecule has 0 saturated carbocycles. The standard InChI is InChI=1S/C21H15FN4O3S/c1-11-18(12-10-17(27)25(19(12)28)15-8-4-2-6-13(15)22)20(29)26(24-11)21-23-14-7-3-5-9-16(14)30-21/h2-9,12,24H,10H2,1H3/t12-/m0/s1. The van der Waals surface area contributed by atoms with Gasteiger partial charge in [-0.15, -0.1) is 0 Å². The molecule has 1 aliphatic rings. The Labute approximate surface area is 173 Å². The van der Waals surface area contributed by atoms with Crippen molar-refractivity contribution in [3.63, 3.8) is 0 Å². The van der Waals surface area contributed by atoms with Gasteiger partial charge in [-0.1, -0.05) is 35.6 Å². The van der Waals surface area contributed by atoms with Crippen molar-refractivity contribution in [2.45, 2.75) is 19.3 Å². The van der Waals surface area contributed by atoms with Crippen molar-refractivity contribution < 1.29 is 14.0 Å². The summed E-state index contributed by atoms with van der Waals surface area (Å²) in [6, 6.07) is 13.1. The van der Waals surface area contributed by atoms with Crippen LogP contribution in [0.25, 0.3) is 15.3 Å². The van der Waals surface area contributed by atoms with Crippen LogP contribution in [0.2, 0.25) is 0 Å². The summed E-state index contributed by atoms with van der Waals surface area (Å²) in [4.78, 5) is 44.0. The van der Waals surface area contributed by atoms with Crippen LogP contribution in [0, 0.1) is 12.7 Å². The molecule has 3 heterocycles. The van der Waals surface area contributed by atoms with E-state index in [1.54, 1.807) is 13.0 Å². The number of aromatic nitrogens is 3. The Morgan fingerprint density at radius 1 is 1.10 bits per heavy atom. The minimum atomic E-state index is -0.975. The Balaban J connectivity index is 1.57. The fraction of sp³-hybridized carbons (Fsp3) is 0.143. The first-order chi connectivity index (χ1) is 14.5. The van der Waals surface area contributed by atoms with E-state index < -0.39 is 29.1 Å². The molecule has 30 heavy (non-hydrogen) atoms. The first kappa shape index (κ1) is 18.4. The van der Waals surface area contributed by atoms with Gasteiger partial charge in [-0.05, 0) is 31.2 Å². The van der Waals surface area contributed by atoms with Crippen LogP contribution >= 0.6 is 11.3 Å². The van der Waals surface area contributed by atoms with Crippen LogP contribution in [-0.2, 0) is 9.59 Å². The topological polar surface area (TPSA) is 88.1 Å². The van der Waals surface area contributed by atoms with Gasteiger partial charge in [0.25, 0.3) is 5.56 Å². The molecular formula is C21H15FN4O3S. The molecule has 0 bridgehead atoms. The average Bonchev–Trinajstić information content (AvgIpc) is 3.36. The number of fused-ring (bicyclic) bond motifs is 1. The van der Waals surface area contributed by atoms with Gasteiger partial charge < -0.3 is 0 Å². The molecule has 1 saturated heterocycles. The SMILES string of the molecule is Cc1[nH]n(-c2nc3ccccc3s2)c(=O)c1[C@@H]1CC(=O)N(c2ccccc2F)C1=O. The lowest BCUT2D eigenvalue weighted by Gasteiger charge is -2.15. The monoisotopic (exact) mass is 422 g/mol. The van der Waals surface area contributed by atoms with E-state index in [-0.39, 0.29) is 17.7 Å². The maximum atomic E-state index is 14.2. The second kappa shape index (κ2) is 6.74. The van der Waals surface area contributed by atoms with Gasteiger partial charge in [0.15, 0.2) is 0 Å². The predicted octanol–water partition coefficient (Wildman–Crippen LogP) is 3.27. The number of carbonyl (C=O) groups excluding carboxylic acids is 2. The van der Waals surface area contributed by atoms with Gasteiger partial charge in [-0.2, -0.15) is 4.68 Å². The van der Waals surface area contributed by atoms with Crippen LogP contribution in [0.4, 0.5) is 10.1 Å². The average molecular weight is 422 g/mol. The molecule has 0 spiro atoms. The van der Waals surface area contributed by atoms with Crippen molar-refractivity contribution in [1.82, 2.24) is 14.8 Å². The van der Waals surface area contributed by atoms with Crippen LogP contribution in [0.3, 0.4) is 0 Å². The highest BCUT2D eigenvalue weighted by Crippen LogP contribution is 2.34. The summed E-state index contributed by atoms with van der Waals surface area (Å²) in [5.74, 6) is -2.80. The number of nitrogens with zero attached hydrogens (tertiary/aromatic N) is 3. The number of nitrogens with one attached hydrogen (secondary N) is 1. The molecule has 2 amide bonds. The molecule has 0 unspecified atom stereocenters. The molecule has 9 heteroatoms. The first-order valence-corrected chi connectivity index (χ1v) is 10.1. The number of anilines is 1. The molecule has 1 N–H and O–H groups in total. The number of halogens is 1. The third-order valence-electron chi connectivity index (χ3n) is 5.18. The van der Waals surface area contributed by atoms with E-state index in [1.165, 1.54) is 34.2 Å². The maximum Gasteiger partial charge on any atom is 0.277 e. The Bertz CT molecular complexity index is 1350. The van der Waals surface area contributed by atoms with E-state index in [2.05, 4.69) is 10.1 Å². The molecule has 0 radical (unpaired) electrons. The number of hydrogen-bond donors (Lipinski definition) is 1. The summed E-state index contributed by atoms with van der Waals surface area (Å²) in [5, 5.41) is 3.41. The number of benzene rings is 2. The Kier molecular flexibility index (Phi) is 4.14. The minimum Gasteiger partial charge on any atom is -0.293 e. The lowest BCUT2D eigenvalue weighted by Crippen LogP contribution is -2.31. The van der Waals surface area contributed by atoms with Crippen molar-refractivity contribution in [3.8, 4) is 5.13 Å². The number of amides is 2. The van der Waals surface area contributed by atoms with Crippen molar-refractivity contribution >= 4 is 39.1 Å². The van der Waals surface area contributed by atoms with E-state index in [0.29, 0.717) is 10.8 Å². The highest BCUT2D eigenvalue weighted by molar-refractivity contribution is 7.20. The van der Waals surface area contributed by atoms with Crippen molar-refractivity contribution in [2.24, 2.45) is 0 Å². The van der Waals surface area contributed by atoms with E-state index in [0.717, 1.165) is 15.1 Å². The number of thiazole rings is 1. The number of H-pyrrole nitrogens is 1. The molecule has 5 rings (SSSR count). The number of para-hydroxylation sites is 2. The Morgan fingerprint density at radius 3 is 2.60 bits per heavy atom. The molecule has 1 atom stereocenters. The van der Waals surface area contributed by atoms with Crippen LogP contribution in [0.5, 0.6) is 0 Å². The molecule has 4 aromatic rings. The number of hydrogen-bond acceptors (Lipinski definition) is 5. The summed E-state index contributed by atoms with van der Waals surface area (Å²) >= 11 is 1.34. The fourth-order valence-electron chi connectivity index (χ4n) is 3.80. The highest BCUT2D eigenvalue weighted by Gasteiger charge is 2.44. The second-order valence-corrected chi connectivity index (χ2v) is 8.04. The molecule has 1 aliphatic heterocycles. The smallest absolute Gasteiger partial charge is 0.277 e. The van der Waals surface area contributed by atoms with Crippen LogP contribution in [0.15, 0.2) is 53.3 Å². The lowest BCUT2D eigenvalue weighted by atomic mass is 9.98. The maximum absolute atomic E-state index is 14.2. The van der Waals surface area contributed by atoms with E-state index >= 15 is 0 Å². The molecule has 7 nitrogen and oxygen atoms in total. The van der Waals surface area contributed by atoms with E-state index in [9.17, 15) is 18.8 Å². The zero-order valence-electron chi connectivity index (χ0n) is 15.8. The molecular weight excluding hydrogens is 407 g/mol. The van der Waals surface area contributed by atoms with Gasteiger partial charge in [0.2, 0.25) is 16.9 Å². The number of imide groups is 1. The van der Waals surface area contributed by atoms with Crippen molar-refractivity contribution in [2.75, 3.05) is 4.90 Å². The summed E-state index contributed by atoms with van der Waals surface area (Å²) in [6.45, 7) is 1.67. The Morgan fingerprint density at radius 2 is 1.83 bits per heavy atom. The number of aromatic amines is 1. The van der Waals surface area contributed by atoms with Gasteiger partial charge in [0, 0.05) is 12.1 Å². The highest BCUT2D eigenvalue weighted by atomic mass is 32.1. The molecule has 150 valence electrons. The van der Waals surface area contributed by atoms with Gasteiger partial charge in [0.05, 0.1) is 27.4 Å². The minimum absolute atomic E-state index is 0.102. The number of carbonyl (C=O) groups is 2. The summed E-state index contributed by atoms with van der Waals surface area (Å²) in [5.41, 5.74) is 0.895. The van der Waals surface area contributed by atoms with Crippen molar-refractivity contribution in [1.29, 1.82) is 0 Å². The first-order valence-electron chi connectivity index (χ1n) is 9.24. The summed E-state index contributed by atoms with van der Waals surface area (Å²) in [6.07, 6.45) is -0.194. The third-order valence-corrected chi connectivity index (χ3v) is 6.20. The van der Waals surface area contributed by atoms with Crippen molar-refractivity contribution in [3.05, 3.63) is 76.0 Å². The lowest BCUT2D eigenvalue weighted by molar-refractivity contribution is -0.121. The summed E-state index contributed by atoms with van der Waals surface area (Å²) < 4.78 is 16.4. The van der Waals surface area contributed by atoms with E-state index in [1.807, 2.05) is 24.3 Å². The summed E-state index contributed by atoms with van der Waals surface area (Å²) in [7, 11) is 0. The van der Waals surface area contributed by atoms with Gasteiger partial charge >= 0.3 is 0 Å². The van der Waals surface area contributed by atoms with E-state index in [4.69, 9.17) is 0 Å². The third kappa shape index (κ3) is 2.70. The van der Waals surface area contributed by atoms with Crippen LogP contribution in [-0.4, -0.2) is 26.6 Å². The number of aryl methyl sites for hydroxylation is 1. The van der Waals surface area contributed by atoms with Gasteiger partial charge in [-0.25, -0.2) is 14.3 Å². The molecule has 2 aromatic heterocycles. The number of rotatable bonds is 3. The second-order valence-electron chi connectivity index (χ2n) is 7.03. The Hall–Kier alpha value is -3.59. The quantitative estimate of drug-likeness (QED) is 0.514. The van der Waals surface area contributed by atoms with Crippen LogP contribution < -0.4 is 10.5 Å². The predicted molar refractivity (Wildman–Crippen MR) is 111 cm³/mol. The largest absolute Gasteiger partial charge is 0.293 e. The van der Waals surface area contributed by atoms with Gasteiger partial charge in [0.1, 0.15) is 5.82 Å². The normalized spacial score (nSPS) is 16.7. The fourth-order valence-corrected chi connectivity index (χ4v) is 4.73. The molecule has 2 aromatic carbocycles. The van der Waals surface area contributed by atoms with Crippen LogP contribution in [0.1, 0.15) is 23.6 Å². The van der Waals surface area contributed by atoms with Gasteiger partial charge in [-0.3, -0.25) is 19.5 Å². The molecule has 0 aliphatic carbocycles. The zero-order chi connectivity index (χ0) is 21.0.